The van der Waals surface area contributed by atoms with Gasteiger partial charge in [0.15, 0.2) is 0 Å². The van der Waals surface area contributed by atoms with Gasteiger partial charge in [-0.15, -0.1) is 0 Å². The number of carbonyl (C=O) groups is 1. The van der Waals surface area contributed by atoms with Gasteiger partial charge in [-0.2, -0.15) is 5.10 Å². The van der Waals surface area contributed by atoms with Crippen LogP contribution in [0.5, 0.6) is 11.5 Å². The van der Waals surface area contributed by atoms with Crippen LogP contribution in [0.4, 0.5) is 4.39 Å². The van der Waals surface area contributed by atoms with Crippen molar-refractivity contribution in [2.45, 2.75) is 20.8 Å². The van der Waals surface area contributed by atoms with Crippen LogP contribution in [0, 0.1) is 19.7 Å². The summed E-state index contributed by atoms with van der Waals surface area (Å²) in [5.41, 5.74) is 3.83. The molecule has 178 valence electrons. The number of H-pyrrole nitrogens is 2. The summed E-state index contributed by atoms with van der Waals surface area (Å²) in [5, 5.41) is 11.3. The number of pyridine rings is 1. The largest absolute Gasteiger partial charge is 0.456 e. The number of benzene rings is 2. The number of carbonyl (C=O) groups excluding carboxylic acids is 1. The smallest absolute Gasteiger partial charge is 0.274 e. The summed E-state index contributed by atoms with van der Waals surface area (Å²) in [5.74, 6) is 0.434. The van der Waals surface area contributed by atoms with Gasteiger partial charge in [0.05, 0.1) is 11.7 Å². The zero-order chi connectivity index (χ0) is 24.9. The molecule has 2 aromatic carbocycles. The van der Waals surface area contributed by atoms with Crippen LogP contribution in [0.25, 0.3) is 32.9 Å². The first-order valence-electron chi connectivity index (χ1n) is 11.2. The van der Waals surface area contributed by atoms with Gasteiger partial charge >= 0.3 is 0 Å². The molecule has 0 spiro atoms. The fourth-order valence-electron chi connectivity index (χ4n) is 4.36. The number of nitrogens with zero attached hydrogens (tertiary/aromatic N) is 2. The van der Waals surface area contributed by atoms with Crippen molar-refractivity contribution in [3.05, 3.63) is 75.7 Å². The van der Waals surface area contributed by atoms with Crippen LogP contribution < -0.4 is 15.6 Å². The number of amides is 1. The molecular weight excluding hydrogens is 449 g/mol. The maximum absolute atomic E-state index is 13.9. The molecular formula is C26H24FN5O3. The molecule has 0 unspecified atom stereocenters. The molecule has 3 aromatic heterocycles. The van der Waals surface area contributed by atoms with Gasteiger partial charge in [-0.05, 0) is 62.2 Å². The maximum atomic E-state index is 13.9. The number of ether oxygens (including phenoxy) is 1. The van der Waals surface area contributed by atoms with Crippen LogP contribution >= 0.6 is 0 Å². The molecule has 1 amide bonds. The molecule has 0 fully saturated rings. The van der Waals surface area contributed by atoms with Crippen LogP contribution in [0.15, 0.2) is 47.5 Å². The zero-order valence-corrected chi connectivity index (χ0v) is 19.7. The van der Waals surface area contributed by atoms with E-state index in [1.54, 1.807) is 39.4 Å². The molecule has 0 aliphatic heterocycles. The van der Waals surface area contributed by atoms with Gasteiger partial charge in [0, 0.05) is 41.7 Å². The average molecular weight is 474 g/mol. The Hall–Kier alpha value is -4.40. The molecule has 5 aromatic rings. The van der Waals surface area contributed by atoms with Crippen LogP contribution in [0.2, 0.25) is 0 Å². The van der Waals surface area contributed by atoms with E-state index in [4.69, 9.17) is 4.74 Å². The Kier molecular flexibility index (Phi) is 5.39. The lowest BCUT2D eigenvalue weighted by Crippen LogP contribution is -2.23. The van der Waals surface area contributed by atoms with Crippen molar-refractivity contribution in [2.24, 2.45) is 7.05 Å². The number of aryl methyl sites for hydroxylation is 3. The number of hydrogen-bond donors (Lipinski definition) is 3. The van der Waals surface area contributed by atoms with Crippen molar-refractivity contribution in [1.82, 2.24) is 25.1 Å². The van der Waals surface area contributed by atoms with Gasteiger partial charge in [0.2, 0.25) is 0 Å². The average Bonchev–Trinajstić information content (AvgIpc) is 3.45. The van der Waals surface area contributed by atoms with Crippen LogP contribution in [0.3, 0.4) is 0 Å². The van der Waals surface area contributed by atoms with E-state index < -0.39 is 0 Å². The van der Waals surface area contributed by atoms with E-state index in [9.17, 15) is 14.0 Å². The lowest BCUT2D eigenvalue weighted by Gasteiger charge is -2.16. The van der Waals surface area contributed by atoms with Gasteiger partial charge in [-0.1, -0.05) is 0 Å². The second kappa shape index (κ2) is 8.43. The first-order chi connectivity index (χ1) is 16.8. The van der Waals surface area contributed by atoms with E-state index in [0.717, 1.165) is 10.9 Å². The minimum Gasteiger partial charge on any atom is -0.456 e. The van der Waals surface area contributed by atoms with Gasteiger partial charge in [-0.25, -0.2) is 4.39 Å². The SMILES string of the molecule is CCNC(=O)c1cc2c(-c3cc4[nH]ncc4cc3Oc3c(C)cc(F)cc3C)cn(C)c(=O)c2[nH]1. The number of aromatic amines is 2. The molecule has 5 rings (SSSR count). The van der Waals surface area contributed by atoms with Gasteiger partial charge < -0.3 is 19.6 Å². The highest BCUT2D eigenvalue weighted by Crippen LogP contribution is 2.40. The molecule has 3 N–H and O–H groups in total. The predicted molar refractivity (Wildman–Crippen MR) is 133 cm³/mol. The van der Waals surface area contributed by atoms with E-state index in [0.29, 0.717) is 56.9 Å². The summed E-state index contributed by atoms with van der Waals surface area (Å²) in [4.78, 5) is 28.4. The van der Waals surface area contributed by atoms with Crippen molar-refractivity contribution < 1.29 is 13.9 Å². The number of fused-ring (bicyclic) bond motifs is 2. The van der Waals surface area contributed by atoms with E-state index in [1.807, 2.05) is 19.1 Å². The molecule has 8 nitrogen and oxygen atoms in total. The number of rotatable bonds is 5. The van der Waals surface area contributed by atoms with Gasteiger partial charge in [-0.3, -0.25) is 14.7 Å². The second-order valence-electron chi connectivity index (χ2n) is 8.57. The fraction of sp³-hybridized carbons (Fsp3) is 0.192. The Morgan fingerprint density at radius 3 is 2.60 bits per heavy atom. The van der Waals surface area contributed by atoms with E-state index in [2.05, 4.69) is 20.5 Å². The van der Waals surface area contributed by atoms with Gasteiger partial charge in [0.1, 0.15) is 28.5 Å². The highest BCUT2D eigenvalue weighted by Gasteiger charge is 2.20. The molecule has 35 heavy (non-hydrogen) atoms. The van der Waals surface area contributed by atoms with E-state index >= 15 is 0 Å². The second-order valence-corrected chi connectivity index (χ2v) is 8.57. The summed E-state index contributed by atoms with van der Waals surface area (Å²) in [6, 6.07) is 8.27. The molecule has 0 saturated carbocycles. The highest BCUT2D eigenvalue weighted by molar-refractivity contribution is 6.04. The quantitative estimate of drug-likeness (QED) is 0.344. The normalized spacial score (nSPS) is 11.3. The third-order valence-electron chi connectivity index (χ3n) is 6.01. The van der Waals surface area contributed by atoms with E-state index in [-0.39, 0.29) is 17.3 Å². The molecule has 0 aliphatic carbocycles. The van der Waals surface area contributed by atoms with Gasteiger partial charge in [0.25, 0.3) is 11.5 Å². The first kappa shape index (κ1) is 22.4. The minimum absolute atomic E-state index is 0.255. The Morgan fingerprint density at radius 2 is 1.89 bits per heavy atom. The lowest BCUT2D eigenvalue weighted by molar-refractivity contribution is 0.0951. The Morgan fingerprint density at radius 1 is 1.14 bits per heavy atom. The Bertz CT molecular complexity index is 1660. The molecule has 9 heteroatoms. The fourth-order valence-corrected chi connectivity index (χ4v) is 4.36. The highest BCUT2D eigenvalue weighted by atomic mass is 19.1. The van der Waals surface area contributed by atoms with Crippen molar-refractivity contribution in [3.8, 4) is 22.6 Å². The number of halogens is 1. The molecule has 0 atom stereocenters. The summed E-state index contributed by atoms with van der Waals surface area (Å²) in [7, 11) is 1.65. The number of hydrogen-bond acceptors (Lipinski definition) is 4. The zero-order valence-electron chi connectivity index (χ0n) is 19.7. The van der Waals surface area contributed by atoms with Crippen molar-refractivity contribution in [3.63, 3.8) is 0 Å². The van der Waals surface area contributed by atoms with Crippen molar-refractivity contribution in [2.75, 3.05) is 6.54 Å². The summed E-state index contributed by atoms with van der Waals surface area (Å²) in [6.45, 7) is 5.87. The van der Waals surface area contributed by atoms with Crippen LogP contribution in [-0.2, 0) is 7.05 Å². The topological polar surface area (TPSA) is 105 Å². The molecule has 0 aliphatic rings. The van der Waals surface area contributed by atoms with Crippen LogP contribution in [0.1, 0.15) is 28.5 Å². The maximum Gasteiger partial charge on any atom is 0.274 e. The molecule has 0 radical (unpaired) electrons. The molecule has 3 heterocycles. The standard InChI is InChI=1S/C26H24FN5O3/c1-5-28-25(33)21-10-18-19(12-32(4)26(34)23(18)30-21)17-9-20-15(11-29-31-20)8-22(17)35-24-13(2)6-16(27)7-14(24)3/h6-12,30H,5H2,1-4H3,(H,28,33)(H,29,31). The van der Waals surface area contributed by atoms with Crippen LogP contribution in [-0.4, -0.2) is 32.2 Å². The van der Waals surface area contributed by atoms with Crippen molar-refractivity contribution >= 4 is 27.7 Å². The molecule has 0 saturated heterocycles. The summed E-state index contributed by atoms with van der Waals surface area (Å²) < 4.78 is 21.7. The summed E-state index contributed by atoms with van der Waals surface area (Å²) in [6.07, 6.45) is 3.41. The summed E-state index contributed by atoms with van der Waals surface area (Å²) >= 11 is 0. The molecule has 0 bridgehead atoms. The third-order valence-corrected chi connectivity index (χ3v) is 6.01. The lowest BCUT2D eigenvalue weighted by atomic mass is 10.0. The predicted octanol–water partition coefficient (Wildman–Crippen LogP) is 4.71. The third kappa shape index (κ3) is 3.84. The first-order valence-corrected chi connectivity index (χ1v) is 11.2. The minimum atomic E-state index is -0.331. The number of aromatic nitrogens is 4. The monoisotopic (exact) mass is 473 g/mol. The Balaban J connectivity index is 1.77. The Labute approximate surface area is 199 Å². The van der Waals surface area contributed by atoms with E-state index in [1.165, 1.54) is 16.7 Å². The van der Waals surface area contributed by atoms with Crippen molar-refractivity contribution in [1.29, 1.82) is 0 Å². The number of nitrogens with one attached hydrogen (secondary N) is 3.